The van der Waals surface area contributed by atoms with Crippen LogP contribution in [-0.2, 0) is 84.6 Å². The fourth-order valence-electron chi connectivity index (χ4n) is 12.4. The Labute approximate surface area is 692 Å². The number of aliphatic hydroxyl groups is 1. The Morgan fingerprint density at radius 3 is 1.48 bits per heavy atom. The first-order valence-corrected chi connectivity index (χ1v) is 39.1. The Morgan fingerprint density at radius 1 is 0.458 bits per heavy atom. The van der Waals surface area contributed by atoms with E-state index in [4.69, 9.17) is 34.1 Å². The number of hydrogen-bond donors (Lipinski definition) is 12. The van der Waals surface area contributed by atoms with Crippen LogP contribution < -0.4 is 53.2 Å². The van der Waals surface area contributed by atoms with Gasteiger partial charge in [-0.05, 0) is 94.9 Å². The zero-order chi connectivity index (χ0) is 86.0. The number of imidazole rings is 3. The number of fused-ring (bicyclic) bond motifs is 1. The highest BCUT2D eigenvalue weighted by Crippen LogP contribution is 2.33. The molecule has 0 fully saturated rings. The molecule has 9 aromatic rings. The highest BCUT2D eigenvalue weighted by Gasteiger charge is 2.24. The number of pyridine rings is 2. The van der Waals surface area contributed by atoms with Crippen LogP contribution in [0, 0.1) is 5.41 Å². The van der Waals surface area contributed by atoms with E-state index in [1.165, 1.54) is 55.2 Å². The summed E-state index contributed by atoms with van der Waals surface area (Å²) in [5.74, 6) is -3.88. The second-order valence-corrected chi connectivity index (χ2v) is 28.0. The zero-order valence-corrected chi connectivity index (χ0v) is 68.6. The highest BCUT2D eigenvalue weighted by molar-refractivity contribution is 6.22. The largest absolute Gasteiger partial charge is 0.512 e. The number of hydrogen-bond acceptors (Lipinski definition) is 23. The van der Waals surface area contributed by atoms with E-state index in [9.17, 15) is 53.1 Å². The van der Waals surface area contributed by atoms with Gasteiger partial charge in [0.2, 0.25) is 35.3 Å². The minimum Gasteiger partial charge on any atom is -0.512 e. The van der Waals surface area contributed by atoms with E-state index in [-0.39, 0.29) is 127 Å². The number of ether oxygens (including phenoxy) is 5. The smallest absolute Gasteiger partial charge is 0.291 e. The molecule has 0 aliphatic heterocycles. The van der Waals surface area contributed by atoms with Crippen molar-refractivity contribution in [1.82, 2.24) is 89.1 Å². The fraction of sp³-hybridized carbons (Fsp3) is 0.407. The van der Waals surface area contributed by atoms with Crippen molar-refractivity contribution in [3.05, 3.63) is 168 Å². The number of carbonyl (C=O) groups is 10. The Bertz CT molecular complexity index is 5050. The van der Waals surface area contributed by atoms with E-state index in [0.717, 1.165) is 40.8 Å². The second-order valence-electron chi connectivity index (χ2n) is 28.0. The lowest BCUT2D eigenvalue weighted by Gasteiger charge is -2.16. The van der Waals surface area contributed by atoms with Crippen LogP contribution in [0.15, 0.2) is 122 Å². The van der Waals surface area contributed by atoms with Gasteiger partial charge in [-0.3, -0.25) is 57.9 Å². The van der Waals surface area contributed by atoms with Crippen molar-refractivity contribution < 1.29 is 76.7 Å². The van der Waals surface area contributed by atoms with E-state index in [2.05, 4.69) is 78.0 Å². The molecule has 39 nitrogen and oxygen atoms in total. The van der Waals surface area contributed by atoms with Crippen molar-refractivity contribution >= 4 is 104 Å². The molecule has 0 unspecified atom stereocenters. The molecule has 0 aliphatic carbocycles. The molecular weight excluding hydrogens is 1550 g/mol. The molecule has 12 N–H and O–H groups in total. The summed E-state index contributed by atoms with van der Waals surface area (Å²) in [4.78, 5) is 152. The molecule has 10 amide bonds. The topological polar surface area (TPSA) is 478 Å². The van der Waals surface area contributed by atoms with E-state index in [0.29, 0.717) is 121 Å². The summed E-state index contributed by atoms with van der Waals surface area (Å²) >= 11 is 0. The van der Waals surface area contributed by atoms with Gasteiger partial charge in [0.05, 0.1) is 106 Å². The van der Waals surface area contributed by atoms with Gasteiger partial charge in [0.15, 0.2) is 17.5 Å². The van der Waals surface area contributed by atoms with Crippen LogP contribution in [0.25, 0.3) is 27.7 Å². The first kappa shape index (κ1) is 90.8. The van der Waals surface area contributed by atoms with Crippen LogP contribution in [0.5, 0.6) is 0 Å². The summed E-state index contributed by atoms with van der Waals surface area (Å²) < 4.78 is 37.4. The van der Waals surface area contributed by atoms with Gasteiger partial charge in [-0.1, -0.05) is 18.2 Å². The normalized spacial score (nSPS) is 11.4. The molecule has 640 valence electrons. The van der Waals surface area contributed by atoms with E-state index in [1.807, 2.05) is 54.2 Å². The Balaban J connectivity index is 0.521. The molecule has 8 heterocycles. The predicted octanol–water partition coefficient (Wildman–Crippen LogP) is 4.34. The van der Waals surface area contributed by atoms with Crippen molar-refractivity contribution in [2.45, 2.75) is 58.9 Å². The third-order valence-electron chi connectivity index (χ3n) is 18.5. The number of benzene rings is 1. The van der Waals surface area contributed by atoms with Crippen LogP contribution in [0.3, 0.4) is 0 Å². The van der Waals surface area contributed by atoms with Crippen LogP contribution in [0.1, 0.15) is 127 Å². The molecule has 0 saturated carbocycles. The third kappa shape index (κ3) is 28.1. The van der Waals surface area contributed by atoms with Gasteiger partial charge in [0, 0.05) is 184 Å². The van der Waals surface area contributed by atoms with E-state index < -0.39 is 41.4 Å². The highest BCUT2D eigenvalue weighted by atomic mass is 16.6. The molecular formula is C81H105N23O16. The molecule has 9 rings (SSSR count). The number of carbonyl (C=O) groups excluding carboxylic acids is 10. The summed E-state index contributed by atoms with van der Waals surface area (Å²) in [6.45, 7) is 9.79. The maximum absolute atomic E-state index is 13.3. The number of nitrogens with one attached hydrogen (secondary N) is 11. The first-order valence-electron chi connectivity index (χ1n) is 39.1. The summed E-state index contributed by atoms with van der Waals surface area (Å²) in [7, 11) is 10.0. The number of amides is 10. The second kappa shape index (κ2) is 46.2. The Morgan fingerprint density at radius 2 is 0.958 bits per heavy atom. The van der Waals surface area contributed by atoms with Gasteiger partial charge in [0.25, 0.3) is 35.4 Å². The van der Waals surface area contributed by atoms with Crippen molar-refractivity contribution in [1.29, 1.82) is 5.41 Å². The maximum Gasteiger partial charge on any atom is 0.291 e. The molecule has 0 aliphatic rings. The van der Waals surface area contributed by atoms with E-state index in [1.54, 1.807) is 90.6 Å². The van der Waals surface area contributed by atoms with Crippen LogP contribution >= 0.6 is 0 Å². The van der Waals surface area contributed by atoms with Crippen molar-refractivity contribution in [3.63, 3.8) is 0 Å². The summed E-state index contributed by atoms with van der Waals surface area (Å²) in [5, 5.41) is 45.9. The number of anilines is 4. The molecule has 0 spiro atoms. The van der Waals surface area contributed by atoms with Crippen LogP contribution in [0.4, 0.5) is 23.0 Å². The number of aromatic nitrogens is 11. The van der Waals surface area contributed by atoms with Crippen LogP contribution in [-0.4, -0.2) is 253 Å². The molecule has 8 aromatic heterocycles. The molecule has 0 bridgehead atoms. The number of rotatable bonds is 50. The van der Waals surface area contributed by atoms with E-state index >= 15 is 0 Å². The average molecular weight is 1660 g/mol. The minimum atomic E-state index is -0.641. The SMILES string of the molecule is CC(=N)/C(=C(/C)O)c1cnc2c(-c3ccc(C(=O)NCCOCCOCCOCCOCCOCCC(=O)NCCCN(C)CCCNC(=O)CCNC(=O)c4nc(NC(=O)CCNC(=O)c5cc(NC(=O)c6nc(NC(=O)CCNC(=O)c7cc(NC(=O)c8nccn8C)cn7C)cn6C)cn5C)cn4C)cc3)cn(Cc3ccccn3)c2c1. The van der Waals surface area contributed by atoms with Gasteiger partial charge in [-0.15, -0.1) is 0 Å². The molecule has 39 heteroatoms. The van der Waals surface area contributed by atoms with Crippen molar-refractivity contribution in [2.24, 2.45) is 35.2 Å². The summed E-state index contributed by atoms with van der Waals surface area (Å²) in [5.41, 5.74) is 6.96. The number of aliphatic hydroxyl groups excluding tert-OH is 1. The average Bonchev–Trinajstić information content (AvgIpc) is 1.61. The van der Waals surface area contributed by atoms with Gasteiger partial charge in [0.1, 0.15) is 11.4 Å². The lowest BCUT2D eigenvalue weighted by molar-refractivity contribution is -0.122. The molecule has 0 saturated heterocycles. The lowest BCUT2D eigenvalue weighted by Crippen LogP contribution is -2.33. The van der Waals surface area contributed by atoms with Gasteiger partial charge < -0.3 is 120 Å². The third-order valence-corrected chi connectivity index (χ3v) is 18.5. The minimum absolute atomic E-state index is 0.00524. The molecule has 0 radical (unpaired) electrons. The standard InChI is InChI=1S/C81H105N23O16/c1-53(82)71(54(2)105)57-43-62-72(91-46-57)61(50-104(62)49-58-13-9-10-22-83-58)55-14-16-56(17-15-55)76(110)90-29-34-117-36-38-119-40-42-120-41-39-118-37-35-116-33-21-68(107)85-24-12-31-98(3)30-11-23-84-67(106)18-25-89-79(113)74-96-65(51-102(74)7)94-69(108)19-26-88-78(112)64-45-60(48-101(64)6)93-81(115)75-97-66(52-103(75)8)95-70(109)20-27-87-77(111)63-44-59(47-100(63)5)92-80(114)73-86-28-32-99(73)4/h9-10,13-17,22,28,32,43-48,50-52,82,105H,11-12,18-21,23-27,29-31,33-42,49H2,1-8H3,(H,84,106)(H,85,107)(H,87,111)(H,88,112)(H,89,113)(H,90,110)(H,92,114)(H,93,115)(H,94,108)(H,95,109)/b71-54+,82-53?. The van der Waals surface area contributed by atoms with Gasteiger partial charge in [-0.2, -0.15) is 0 Å². The van der Waals surface area contributed by atoms with Crippen LogP contribution in [0.2, 0.25) is 0 Å². The van der Waals surface area contributed by atoms with Gasteiger partial charge >= 0.3 is 0 Å². The quantitative estimate of drug-likeness (QED) is 0.0143. The Hall–Kier alpha value is -13.1. The van der Waals surface area contributed by atoms with Crippen molar-refractivity contribution in [2.75, 3.05) is 147 Å². The molecule has 0 atom stereocenters. The summed E-state index contributed by atoms with van der Waals surface area (Å²) in [6.07, 6.45) is 15.9. The molecule has 120 heavy (non-hydrogen) atoms. The zero-order valence-electron chi connectivity index (χ0n) is 68.6. The predicted molar refractivity (Wildman–Crippen MR) is 445 cm³/mol. The van der Waals surface area contributed by atoms with Gasteiger partial charge in [-0.25, -0.2) is 15.0 Å². The summed E-state index contributed by atoms with van der Waals surface area (Å²) in [6, 6.07) is 17.9. The maximum atomic E-state index is 13.3. The van der Waals surface area contributed by atoms with Crippen molar-refractivity contribution in [3.8, 4) is 11.1 Å². The number of nitrogens with zero attached hydrogens (tertiary/aromatic N) is 12. The molecule has 1 aromatic carbocycles. The lowest BCUT2D eigenvalue weighted by atomic mass is 10.0. The number of aryl methyl sites for hydroxylation is 5. The fourth-order valence-corrected chi connectivity index (χ4v) is 12.4. The monoisotopic (exact) mass is 1660 g/mol. The Kier molecular flexibility index (Phi) is 34.9. The number of allylic oxidation sites excluding steroid dienone is 2. The first-order chi connectivity index (χ1) is 57.8.